The summed E-state index contributed by atoms with van der Waals surface area (Å²) in [6.07, 6.45) is 4.59. The van der Waals surface area contributed by atoms with Crippen molar-refractivity contribution in [1.29, 1.82) is 0 Å². The van der Waals surface area contributed by atoms with Gasteiger partial charge in [0.2, 0.25) is 15.9 Å². The van der Waals surface area contributed by atoms with Crippen molar-refractivity contribution in [2.75, 3.05) is 19.0 Å². The number of carbonyl (C=O) groups is 1. The number of rotatable bonds is 7. The number of benzene rings is 2. The first kappa shape index (κ1) is 20.4. The van der Waals surface area contributed by atoms with Gasteiger partial charge >= 0.3 is 0 Å². The number of hydrogen-bond donors (Lipinski definition) is 1. The van der Waals surface area contributed by atoms with Gasteiger partial charge < -0.3 is 10.1 Å². The average molecular weight is 403 g/mol. The highest BCUT2D eigenvalue weighted by Gasteiger charge is 2.34. The van der Waals surface area contributed by atoms with Gasteiger partial charge in [0, 0.05) is 6.04 Å². The smallest absolute Gasteiger partial charge is 0.243 e. The van der Waals surface area contributed by atoms with Crippen LogP contribution in [-0.2, 0) is 14.8 Å². The molecule has 1 aliphatic rings. The summed E-state index contributed by atoms with van der Waals surface area (Å²) in [5.74, 6) is 0.153. The summed E-state index contributed by atoms with van der Waals surface area (Å²) in [6.45, 7) is -0.222. The zero-order valence-electron chi connectivity index (χ0n) is 16.0. The Labute approximate surface area is 166 Å². The summed E-state index contributed by atoms with van der Waals surface area (Å²) in [5, 5.41) is 2.78. The molecule has 2 aromatic carbocycles. The minimum Gasteiger partial charge on any atom is -0.495 e. The molecule has 0 unspecified atom stereocenters. The fourth-order valence-corrected chi connectivity index (χ4v) is 5.25. The monoisotopic (exact) mass is 402 g/mol. The molecule has 0 atom stereocenters. The first-order valence-electron chi connectivity index (χ1n) is 9.52. The number of anilines is 1. The predicted molar refractivity (Wildman–Crippen MR) is 109 cm³/mol. The molecule has 7 heteroatoms. The van der Waals surface area contributed by atoms with E-state index in [0.717, 1.165) is 32.1 Å². The fraction of sp³-hybridized carbons (Fsp3) is 0.381. The lowest BCUT2D eigenvalue weighted by atomic mass is 9.95. The van der Waals surface area contributed by atoms with Gasteiger partial charge in [-0.2, -0.15) is 4.31 Å². The van der Waals surface area contributed by atoms with Gasteiger partial charge in [-0.25, -0.2) is 8.42 Å². The van der Waals surface area contributed by atoms with Crippen LogP contribution in [-0.4, -0.2) is 38.3 Å². The van der Waals surface area contributed by atoms with Crippen LogP contribution in [0.4, 0.5) is 5.69 Å². The molecular formula is C21H26N2O4S. The van der Waals surface area contributed by atoms with Crippen LogP contribution < -0.4 is 10.1 Å². The fourth-order valence-electron chi connectivity index (χ4n) is 3.59. The van der Waals surface area contributed by atoms with E-state index in [-0.39, 0.29) is 23.4 Å². The van der Waals surface area contributed by atoms with Gasteiger partial charge in [-0.1, -0.05) is 49.6 Å². The van der Waals surface area contributed by atoms with E-state index in [1.807, 2.05) is 6.07 Å². The highest BCUT2D eigenvalue weighted by atomic mass is 32.2. The van der Waals surface area contributed by atoms with E-state index in [4.69, 9.17) is 4.74 Å². The minimum absolute atomic E-state index is 0.164. The largest absolute Gasteiger partial charge is 0.495 e. The third-order valence-electron chi connectivity index (χ3n) is 5.01. The molecule has 0 spiro atoms. The lowest BCUT2D eigenvalue weighted by molar-refractivity contribution is -0.116. The van der Waals surface area contributed by atoms with Crippen LogP contribution in [0.3, 0.4) is 0 Å². The number of methoxy groups -OCH3 is 1. The second kappa shape index (κ2) is 9.21. The summed E-state index contributed by atoms with van der Waals surface area (Å²) in [6, 6.07) is 15.2. The highest BCUT2D eigenvalue weighted by Crippen LogP contribution is 2.28. The van der Waals surface area contributed by atoms with Crippen LogP contribution in [0, 0.1) is 0 Å². The van der Waals surface area contributed by atoms with Gasteiger partial charge in [0.15, 0.2) is 0 Å². The molecule has 1 aliphatic carbocycles. The van der Waals surface area contributed by atoms with Crippen molar-refractivity contribution in [2.24, 2.45) is 0 Å². The first-order chi connectivity index (χ1) is 13.5. The van der Waals surface area contributed by atoms with Crippen molar-refractivity contribution in [3.63, 3.8) is 0 Å². The number of hydrogen-bond acceptors (Lipinski definition) is 4. The second-order valence-electron chi connectivity index (χ2n) is 6.90. The van der Waals surface area contributed by atoms with Crippen molar-refractivity contribution in [3.05, 3.63) is 54.6 Å². The number of sulfonamides is 1. The summed E-state index contributed by atoms with van der Waals surface area (Å²) in [5.41, 5.74) is 0.524. The van der Waals surface area contributed by atoms with Crippen molar-refractivity contribution in [2.45, 2.75) is 43.0 Å². The Balaban J connectivity index is 1.84. The summed E-state index contributed by atoms with van der Waals surface area (Å²) >= 11 is 0. The zero-order chi connectivity index (χ0) is 20.0. The number of ether oxygens (including phenoxy) is 1. The summed E-state index contributed by atoms with van der Waals surface area (Å²) in [4.78, 5) is 13.0. The number of nitrogens with one attached hydrogen (secondary N) is 1. The van der Waals surface area contributed by atoms with E-state index >= 15 is 0 Å². The van der Waals surface area contributed by atoms with Crippen molar-refractivity contribution in [3.8, 4) is 5.75 Å². The molecule has 0 bridgehead atoms. The Morgan fingerprint density at radius 2 is 1.68 bits per heavy atom. The summed E-state index contributed by atoms with van der Waals surface area (Å²) < 4.78 is 33.2. The van der Waals surface area contributed by atoms with E-state index < -0.39 is 10.0 Å². The van der Waals surface area contributed by atoms with Crippen LogP contribution in [0.2, 0.25) is 0 Å². The van der Waals surface area contributed by atoms with Crippen molar-refractivity contribution >= 4 is 21.6 Å². The quantitative estimate of drug-likeness (QED) is 0.767. The molecule has 0 aromatic heterocycles. The van der Waals surface area contributed by atoms with Gasteiger partial charge in [-0.15, -0.1) is 0 Å². The van der Waals surface area contributed by atoms with E-state index in [2.05, 4.69) is 5.32 Å². The number of nitrogens with zero attached hydrogens (tertiary/aromatic N) is 1. The van der Waals surface area contributed by atoms with Crippen LogP contribution >= 0.6 is 0 Å². The van der Waals surface area contributed by atoms with E-state index in [1.54, 1.807) is 48.5 Å². The topological polar surface area (TPSA) is 75.7 Å². The molecule has 150 valence electrons. The minimum atomic E-state index is -3.76. The second-order valence-corrected chi connectivity index (χ2v) is 8.79. The van der Waals surface area contributed by atoms with Crippen molar-refractivity contribution < 1.29 is 17.9 Å². The Kier molecular flexibility index (Phi) is 6.70. The normalized spacial score (nSPS) is 15.4. The molecule has 1 fully saturated rings. The predicted octanol–water partition coefficient (Wildman–Crippen LogP) is 3.66. The SMILES string of the molecule is COc1ccccc1NC(=O)CN(C1CCCCC1)S(=O)(=O)c1ccccc1. The first-order valence-corrected chi connectivity index (χ1v) is 11.0. The van der Waals surface area contributed by atoms with Crippen molar-refractivity contribution in [1.82, 2.24) is 4.31 Å². The maximum Gasteiger partial charge on any atom is 0.243 e. The third-order valence-corrected chi connectivity index (χ3v) is 6.92. The van der Waals surface area contributed by atoms with E-state index in [1.165, 1.54) is 11.4 Å². The molecule has 0 heterocycles. The van der Waals surface area contributed by atoms with Crippen LogP contribution in [0.25, 0.3) is 0 Å². The van der Waals surface area contributed by atoms with Crippen LogP contribution in [0.15, 0.2) is 59.5 Å². The van der Waals surface area contributed by atoms with Gasteiger partial charge in [0.05, 0.1) is 24.2 Å². The number of para-hydroxylation sites is 2. The molecule has 1 amide bonds. The molecule has 0 radical (unpaired) electrons. The third kappa shape index (κ3) is 4.72. The standard InChI is InChI=1S/C21H26N2O4S/c1-27-20-15-9-8-14-19(20)22-21(24)16-23(17-10-4-2-5-11-17)28(25,26)18-12-6-3-7-13-18/h3,6-9,12-15,17H,2,4-5,10-11,16H2,1H3,(H,22,24). The Morgan fingerprint density at radius 1 is 1.04 bits per heavy atom. The molecule has 0 saturated heterocycles. The molecule has 2 aromatic rings. The summed E-state index contributed by atoms with van der Waals surface area (Å²) in [7, 11) is -2.24. The lowest BCUT2D eigenvalue weighted by Gasteiger charge is -2.33. The van der Waals surface area contributed by atoms with Gasteiger partial charge in [0.25, 0.3) is 0 Å². The van der Waals surface area contributed by atoms with Crippen LogP contribution in [0.5, 0.6) is 5.75 Å². The lowest BCUT2D eigenvalue weighted by Crippen LogP contribution is -2.45. The molecule has 28 heavy (non-hydrogen) atoms. The van der Waals surface area contributed by atoms with Gasteiger partial charge in [-0.3, -0.25) is 4.79 Å². The maximum atomic E-state index is 13.3. The van der Waals surface area contributed by atoms with Gasteiger partial charge in [-0.05, 0) is 37.1 Å². The molecule has 6 nitrogen and oxygen atoms in total. The Bertz CT molecular complexity index is 894. The molecular weight excluding hydrogens is 376 g/mol. The highest BCUT2D eigenvalue weighted by molar-refractivity contribution is 7.89. The molecule has 3 rings (SSSR count). The van der Waals surface area contributed by atoms with Gasteiger partial charge in [0.1, 0.15) is 5.75 Å². The molecule has 1 saturated carbocycles. The number of amides is 1. The molecule has 0 aliphatic heterocycles. The Morgan fingerprint density at radius 3 is 2.36 bits per heavy atom. The maximum absolute atomic E-state index is 13.3. The van der Waals surface area contributed by atoms with Crippen LogP contribution in [0.1, 0.15) is 32.1 Å². The average Bonchev–Trinajstić information content (AvgIpc) is 2.73. The molecule has 1 N–H and O–H groups in total. The van der Waals surface area contributed by atoms with E-state index in [9.17, 15) is 13.2 Å². The van der Waals surface area contributed by atoms with E-state index in [0.29, 0.717) is 11.4 Å². The Hall–Kier alpha value is -2.38. The number of carbonyl (C=O) groups excluding carboxylic acids is 1. The zero-order valence-corrected chi connectivity index (χ0v) is 16.8.